The Morgan fingerprint density at radius 3 is 2.44 bits per heavy atom. The summed E-state index contributed by atoms with van der Waals surface area (Å²) < 4.78 is 6.99. The summed E-state index contributed by atoms with van der Waals surface area (Å²) in [6, 6.07) is 10.4. The number of nitrogens with one attached hydrogen (secondary N) is 2. The molecule has 0 spiro atoms. The van der Waals surface area contributed by atoms with Gasteiger partial charge in [0.2, 0.25) is 5.91 Å². The number of likely N-dealkylation sites (tertiary alicyclic amines) is 1. The van der Waals surface area contributed by atoms with Crippen LogP contribution in [-0.4, -0.2) is 41.6 Å². The van der Waals surface area contributed by atoms with Gasteiger partial charge >= 0.3 is 6.03 Å². The number of hydrogen-bond acceptors (Lipinski definition) is 4. The predicted molar refractivity (Wildman–Crippen MR) is 130 cm³/mol. The Bertz CT molecular complexity index is 1120. The van der Waals surface area contributed by atoms with Crippen molar-refractivity contribution in [3.05, 3.63) is 52.4 Å². The van der Waals surface area contributed by atoms with E-state index in [9.17, 15) is 14.4 Å². The zero-order chi connectivity index (χ0) is 23.7. The Hall–Kier alpha value is -3.29. The highest BCUT2D eigenvalue weighted by molar-refractivity contribution is 5.93. The number of hydrogen-bond donors (Lipinski definition) is 2. The molecule has 1 aliphatic carbocycles. The van der Waals surface area contributed by atoms with E-state index in [2.05, 4.69) is 10.6 Å². The molecule has 2 N–H and O–H groups in total. The lowest BCUT2D eigenvalue weighted by atomic mass is 9.82. The first-order chi connectivity index (χ1) is 16.5. The monoisotopic (exact) mass is 464 g/mol. The maximum atomic E-state index is 13.0. The van der Waals surface area contributed by atoms with Crippen molar-refractivity contribution in [3.63, 3.8) is 0 Å². The summed E-state index contributed by atoms with van der Waals surface area (Å²) in [6.07, 6.45) is 6.12. The van der Waals surface area contributed by atoms with Gasteiger partial charge in [0.15, 0.2) is 0 Å². The zero-order valence-corrected chi connectivity index (χ0v) is 19.6. The number of aromatic nitrogens is 1. The quantitative estimate of drug-likeness (QED) is 0.715. The molecule has 1 aromatic heterocycles. The summed E-state index contributed by atoms with van der Waals surface area (Å²) in [5, 5.41) is 6.11. The van der Waals surface area contributed by atoms with Crippen LogP contribution in [0.5, 0.6) is 5.75 Å². The van der Waals surface area contributed by atoms with Crippen LogP contribution in [0.1, 0.15) is 50.1 Å². The molecule has 2 atom stereocenters. The second-order valence-electron chi connectivity index (χ2n) is 9.77. The molecule has 5 rings (SSSR count). The summed E-state index contributed by atoms with van der Waals surface area (Å²) >= 11 is 0. The summed E-state index contributed by atoms with van der Waals surface area (Å²) in [7, 11) is 1.61. The van der Waals surface area contributed by atoms with Crippen molar-refractivity contribution in [1.29, 1.82) is 0 Å². The highest BCUT2D eigenvalue weighted by Crippen LogP contribution is 2.39. The standard InChI is InChI=1S/C26H32N4O4/c1-34-21-9-7-20(8-10-21)27-26(33)29-14-17-13-19(16-29)24-22(11-12-23(31)30(24)15-17)28-25(32)18-5-3-2-4-6-18/h7-12,17-19H,2-6,13-16H2,1H3,(H,27,33)(H,28,32). The van der Waals surface area contributed by atoms with Crippen LogP contribution in [0.3, 0.4) is 0 Å². The lowest BCUT2D eigenvalue weighted by molar-refractivity contribution is -0.120. The lowest BCUT2D eigenvalue weighted by Crippen LogP contribution is -2.50. The fourth-order valence-electron chi connectivity index (χ4n) is 5.76. The van der Waals surface area contributed by atoms with Crippen molar-refractivity contribution in [2.45, 2.75) is 51.0 Å². The van der Waals surface area contributed by atoms with Gasteiger partial charge < -0.3 is 24.8 Å². The van der Waals surface area contributed by atoms with Gasteiger partial charge in [-0.2, -0.15) is 0 Å². The van der Waals surface area contributed by atoms with Crippen LogP contribution in [-0.2, 0) is 11.3 Å². The SMILES string of the molecule is COc1ccc(NC(=O)N2CC3CC(C2)c2c(NC(=O)C4CCCCC4)ccc(=O)n2C3)cc1. The van der Waals surface area contributed by atoms with Crippen LogP contribution >= 0.6 is 0 Å². The average Bonchev–Trinajstić information content (AvgIpc) is 2.86. The normalized spacial score (nSPS) is 22.0. The molecule has 2 bridgehead atoms. The number of carbonyl (C=O) groups is 2. The molecule has 1 aromatic carbocycles. The Morgan fingerprint density at radius 1 is 0.941 bits per heavy atom. The van der Waals surface area contributed by atoms with Gasteiger partial charge in [-0.25, -0.2) is 4.79 Å². The Kier molecular flexibility index (Phi) is 6.30. The fourth-order valence-corrected chi connectivity index (χ4v) is 5.76. The van der Waals surface area contributed by atoms with Crippen molar-refractivity contribution in [3.8, 4) is 5.75 Å². The number of rotatable bonds is 4. The van der Waals surface area contributed by atoms with E-state index in [1.165, 1.54) is 6.42 Å². The van der Waals surface area contributed by atoms with Crippen molar-refractivity contribution < 1.29 is 14.3 Å². The number of pyridine rings is 1. The van der Waals surface area contributed by atoms with E-state index in [0.29, 0.717) is 25.3 Å². The number of carbonyl (C=O) groups excluding carboxylic acids is 2. The minimum absolute atomic E-state index is 0.00433. The number of anilines is 2. The molecule has 3 amide bonds. The number of amides is 3. The van der Waals surface area contributed by atoms with Crippen LogP contribution in [0.2, 0.25) is 0 Å². The van der Waals surface area contributed by atoms with Gasteiger partial charge in [-0.05, 0) is 55.5 Å². The zero-order valence-electron chi connectivity index (χ0n) is 19.6. The molecule has 0 radical (unpaired) electrons. The van der Waals surface area contributed by atoms with Gasteiger partial charge in [0, 0.05) is 48.9 Å². The molecule has 2 aromatic rings. The third-order valence-electron chi connectivity index (χ3n) is 7.45. The number of nitrogens with zero attached hydrogens (tertiary/aromatic N) is 2. The molecule has 3 heterocycles. The topological polar surface area (TPSA) is 92.7 Å². The summed E-state index contributed by atoms with van der Waals surface area (Å²) in [5.41, 5.74) is 2.24. The van der Waals surface area contributed by atoms with Crippen molar-refractivity contribution in [2.75, 3.05) is 30.8 Å². The van der Waals surface area contributed by atoms with Gasteiger partial charge in [0.25, 0.3) is 5.56 Å². The first-order valence-corrected chi connectivity index (χ1v) is 12.3. The van der Waals surface area contributed by atoms with E-state index >= 15 is 0 Å². The number of benzene rings is 1. The minimum atomic E-state index is -0.153. The molecular formula is C26H32N4O4. The molecule has 180 valence electrons. The summed E-state index contributed by atoms with van der Waals surface area (Å²) in [4.78, 5) is 40.5. The van der Waals surface area contributed by atoms with Gasteiger partial charge in [0.1, 0.15) is 5.75 Å². The molecule has 2 unspecified atom stereocenters. The van der Waals surface area contributed by atoms with Gasteiger partial charge in [-0.15, -0.1) is 0 Å². The molecule has 8 nitrogen and oxygen atoms in total. The summed E-state index contributed by atoms with van der Waals surface area (Å²) in [5.74, 6) is 1.03. The van der Waals surface area contributed by atoms with Crippen LogP contribution in [0, 0.1) is 11.8 Å². The maximum absolute atomic E-state index is 13.0. The molecule has 2 fully saturated rings. The second-order valence-corrected chi connectivity index (χ2v) is 9.77. The number of methoxy groups -OCH3 is 1. The Labute approximate surface area is 199 Å². The minimum Gasteiger partial charge on any atom is -0.497 e. The highest BCUT2D eigenvalue weighted by atomic mass is 16.5. The third-order valence-corrected chi connectivity index (χ3v) is 7.45. The van der Waals surface area contributed by atoms with Gasteiger partial charge in [-0.1, -0.05) is 19.3 Å². The van der Waals surface area contributed by atoms with Crippen LogP contribution in [0.4, 0.5) is 16.2 Å². The van der Waals surface area contributed by atoms with E-state index in [0.717, 1.165) is 49.2 Å². The number of ether oxygens (including phenoxy) is 1. The average molecular weight is 465 g/mol. The third kappa shape index (κ3) is 4.54. The van der Waals surface area contributed by atoms with Crippen LogP contribution < -0.4 is 20.9 Å². The predicted octanol–water partition coefficient (Wildman–Crippen LogP) is 4.03. The Morgan fingerprint density at radius 2 is 1.71 bits per heavy atom. The molecule has 1 saturated heterocycles. The maximum Gasteiger partial charge on any atom is 0.321 e. The van der Waals surface area contributed by atoms with Gasteiger partial charge in [0.05, 0.1) is 12.8 Å². The van der Waals surface area contributed by atoms with Crippen LogP contribution in [0.25, 0.3) is 0 Å². The first-order valence-electron chi connectivity index (χ1n) is 12.3. The van der Waals surface area contributed by atoms with Crippen molar-refractivity contribution in [1.82, 2.24) is 9.47 Å². The number of piperidine rings is 1. The molecule has 8 heteroatoms. The second kappa shape index (κ2) is 9.52. The fraction of sp³-hybridized carbons (Fsp3) is 0.500. The van der Waals surface area contributed by atoms with E-state index in [4.69, 9.17) is 4.74 Å². The van der Waals surface area contributed by atoms with Crippen molar-refractivity contribution in [2.24, 2.45) is 11.8 Å². The van der Waals surface area contributed by atoms with E-state index in [1.807, 2.05) is 33.7 Å². The van der Waals surface area contributed by atoms with E-state index < -0.39 is 0 Å². The number of fused-ring (bicyclic) bond motifs is 4. The van der Waals surface area contributed by atoms with Gasteiger partial charge in [-0.3, -0.25) is 9.59 Å². The summed E-state index contributed by atoms with van der Waals surface area (Å²) in [6.45, 7) is 1.67. The smallest absolute Gasteiger partial charge is 0.321 e. The number of urea groups is 1. The van der Waals surface area contributed by atoms with Crippen LogP contribution in [0.15, 0.2) is 41.2 Å². The lowest BCUT2D eigenvalue weighted by Gasteiger charge is -2.43. The molecule has 1 saturated carbocycles. The van der Waals surface area contributed by atoms with E-state index in [-0.39, 0.29) is 35.3 Å². The molecule has 2 aliphatic heterocycles. The molecular weight excluding hydrogens is 432 g/mol. The van der Waals surface area contributed by atoms with Crippen molar-refractivity contribution >= 4 is 23.3 Å². The Balaban J connectivity index is 1.34. The first kappa shape index (κ1) is 22.5. The molecule has 34 heavy (non-hydrogen) atoms. The molecule has 3 aliphatic rings. The highest BCUT2D eigenvalue weighted by Gasteiger charge is 2.38. The van der Waals surface area contributed by atoms with E-state index in [1.54, 1.807) is 19.2 Å². The largest absolute Gasteiger partial charge is 0.497 e.